The fourth-order valence-electron chi connectivity index (χ4n) is 2.97. The maximum atomic E-state index is 12.7. The van der Waals surface area contributed by atoms with Crippen molar-refractivity contribution in [2.45, 2.75) is 12.8 Å². The second-order valence-electron chi connectivity index (χ2n) is 5.65. The summed E-state index contributed by atoms with van der Waals surface area (Å²) in [7, 11) is 0. The van der Waals surface area contributed by atoms with Gasteiger partial charge in [-0.1, -0.05) is 6.07 Å². The van der Waals surface area contributed by atoms with E-state index in [1.165, 1.54) is 16.7 Å². The maximum absolute atomic E-state index is 12.7. The van der Waals surface area contributed by atoms with E-state index in [4.69, 9.17) is 5.11 Å². The van der Waals surface area contributed by atoms with E-state index in [0.717, 1.165) is 17.6 Å². The van der Waals surface area contributed by atoms with Gasteiger partial charge in [-0.05, 0) is 48.3 Å². The first-order valence-electron chi connectivity index (χ1n) is 7.53. The average Bonchev–Trinajstić information content (AvgIpc) is 2.99. The number of aromatic nitrogens is 3. The fraction of sp³-hybridized carbons (Fsp3) is 0.111. The molecule has 0 atom stereocenters. The van der Waals surface area contributed by atoms with Crippen molar-refractivity contribution in [2.24, 2.45) is 0 Å². The number of carboxylic acid groups (broad SMARTS) is 1. The van der Waals surface area contributed by atoms with Gasteiger partial charge in [0.2, 0.25) is 0 Å². The van der Waals surface area contributed by atoms with Gasteiger partial charge in [-0.15, -0.1) is 0 Å². The molecule has 0 fully saturated rings. The minimum Gasteiger partial charge on any atom is -0.478 e. The van der Waals surface area contributed by atoms with Gasteiger partial charge in [0.15, 0.2) is 0 Å². The number of carboxylic acids is 1. The number of fused-ring (bicyclic) bond motifs is 2. The predicted molar refractivity (Wildman–Crippen MR) is 88.9 cm³/mol. The average molecular weight is 319 g/mol. The Hall–Kier alpha value is -3.28. The lowest BCUT2D eigenvalue weighted by atomic mass is 10.1. The molecule has 1 N–H and O–H groups in total. The standard InChI is InChI=1S/C18H13N3O3/c22-17-14-5-3-12(8-11-2-1-7-19-9-11)16(14)20-15-6-4-13(18(23)24)10-21(15)17/h1-2,4,6-10H,3,5H2,(H,23,24)/b12-8-. The van der Waals surface area contributed by atoms with Crippen LogP contribution in [0.1, 0.15) is 33.6 Å². The monoisotopic (exact) mass is 319 g/mol. The lowest BCUT2D eigenvalue weighted by Crippen LogP contribution is -2.20. The Balaban J connectivity index is 1.90. The zero-order chi connectivity index (χ0) is 16.7. The van der Waals surface area contributed by atoms with E-state index in [0.29, 0.717) is 23.3 Å². The van der Waals surface area contributed by atoms with Gasteiger partial charge >= 0.3 is 5.97 Å². The third-order valence-corrected chi connectivity index (χ3v) is 4.14. The van der Waals surface area contributed by atoms with Crippen LogP contribution >= 0.6 is 0 Å². The molecule has 0 aliphatic heterocycles. The van der Waals surface area contributed by atoms with Crippen LogP contribution in [-0.2, 0) is 6.42 Å². The molecule has 0 aromatic carbocycles. The van der Waals surface area contributed by atoms with Crippen molar-refractivity contribution in [3.8, 4) is 0 Å². The molecule has 0 saturated carbocycles. The zero-order valence-electron chi connectivity index (χ0n) is 12.6. The molecule has 3 heterocycles. The lowest BCUT2D eigenvalue weighted by molar-refractivity contribution is 0.0696. The Morgan fingerprint density at radius 1 is 1.25 bits per heavy atom. The third-order valence-electron chi connectivity index (χ3n) is 4.14. The molecular formula is C18H13N3O3. The molecule has 118 valence electrons. The SMILES string of the molecule is O=C(O)c1ccc2nc3c(c(=O)n2c1)CC/C3=C/c1cccnc1. The highest BCUT2D eigenvalue weighted by Gasteiger charge is 2.23. The largest absolute Gasteiger partial charge is 0.478 e. The summed E-state index contributed by atoms with van der Waals surface area (Å²) < 4.78 is 1.31. The van der Waals surface area contributed by atoms with E-state index in [1.807, 2.05) is 18.2 Å². The Morgan fingerprint density at radius 3 is 2.88 bits per heavy atom. The summed E-state index contributed by atoms with van der Waals surface area (Å²) in [5.41, 5.74) is 3.60. The van der Waals surface area contributed by atoms with Crippen molar-refractivity contribution in [1.82, 2.24) is 14.4 Å². The molecule has 0 radical (unpaired) electrons. The summed E-state index contributed by atoms with van der Waals surface area (Å²) in [6.07, 6.45) is 8.13. The highest BCUT2D eigenvalue weighted by Crippen LogP contribution is 2.30. The van der Waals surface area contributed by atoms with Gasteiger partial charge in [0, 0.05) is 24.2 Å². The number of hydrogen-bond acceptors (Lipinski definition) is 4. The third kappa shape index (κ3) is 2.28. The molecule has 0 saturated heterocycles. The van der Waals surface area contributed by atoms with Gasteiger partial charge < -0.3 is 5.11 Å². The van der Waals surface area contributed by atoms with Gasteiger partial charge in [-0.25, -0.2) is 9.78 Å². The van der Waals surface area contributed by atoms with Crippen LogP contribution in [-0.4, -0.2) is 25.4 Å². The number of aromatic carboxylic acids is 1. The van der Waals surface area contributed by atoms with Crippen LogP contribution in [0.5, 0.6) is 0 Å². The number of allylic oxidation sites excluding steroid dienone is 1. The molecular weight excluding hydrogens is 306 g/mol. The van der Waals surface area contributed by atoms with Crippen LogP contribution < -0.4 is 5.56 Å². The van der Waals surface area contributed by atoms with Gasteiger partial charge in [-0.2, -0.15) is 0 Å². The van der Waals surface area contributed by atoms with Crippen molar-refractivity contribution in [3.05, 3.63) is 75.6 Å². The topological polar surface area (TPSA) is 84.6 Å². The highest BCUT2D eigenvalue weighted by atomic mass is 16.4. The summed E-state index contributed by atoms with van der Waals surface area (Å²) in [6.45, 7) is 0. The van der Waals surface area contributed by atoms with Crippen LogP contribution in [0.3, 0.4) is 0 Å². The molecule has 4 rings (SSSR count). The van der Waals surface area contributed by atoms with E-state index in [2.05, 4.69) is 9.97 Å². The van der Waals surface area contributed by atoms with Crippen LogP contribution in [0.25, 0.3) is 17.3 Å². The molecule has 0 unspecified atom stereocenters. The molecule has 1 aliphatic rings. The van der Waals surface area contributed by atoms with Crippen LogP contribution in [0.2, 0.25) is 0 Å². The Kier molecular flexibility index (Phi) is 3.23. The molecule has 1 aliphatic carbocycles. The lowest BCUT2D eigenvalue weighted by Gasteiger charge is -2.06. The van der Waals surface area contributed by atoms with Gasteiger partial charge in [-0.3, -0.25) is 14.2 Å². The molecule has 6 nitrogen and oxygen atoms in total. The molecule has 3 aromatic rings. The molecule has 3 aromatic heterocycles. The summed E-state index contributed by atoms with van der Waals surface area (Å²) >= 11 is 0. The van der Waals surface area contributed by atoms with Crippen molar-refractivity contribution < 1.29 is 9.90 Å². The minimum atomic E-state index is -1.07. The molecule has 24 heavy (non-hydrogen) atoms. The van der Waals surface area contributed by atoms with Crippen molar-refractivity contribution in [3.63, 3.8) is 0 Å². The first kappa shape index (κ1) is 14.3. The van der Waals surface area contributed by atoms with Crippen LogP contribution in [0.4, 0.5) is 0 Å². The van der Waals surface area contributed by atoms with E-state index < -0.39 is 5.97 Å². The molecule has 6 heteroatoms. The molecule has 0 amide bonds. The van der Waals surface area contributed by atoms with Gasteiger partial charge in [0.1, 0.15) is 5.65 Å². The van der Waals surface area contributed by atoms with Crippen molar-refractivity contribution in [1.29, 1.82) is 0 Å². The first-order valence-corrected chi connectivity index (χ1v) is 7.53. The normalized spacial score (nSPS) is 14.9. The van der Waals surface area contributed by atoms with Gasteiger partial charge in [0.05, 0.1) is 11.3 Å². The number of hydrogen-bond donors (Lipinski definition) is 1. The Morgan fingerprint density at radius 2 is 2.12 bits per heavy atom. The summed E-state index contributed by atoms with van der Waals surface area (Å²) in [6, 6.07) is 6.82. The quantitative estimate of drug-likeness (QED) is 0.783. The Bertz CT molecular complexity index is 1050. The van der Waals surface area contributed by atoms with E-state index in [-0.39, 0.29) is 11.1 Å². The number of nitrogens with zero attached hydrogens (tertiary/aromatic N) is 3. The van der Waals surface area contributed by atoms with E-state index >= 15 is 0 Å². The highest BCUT2D eigenvalue weighted by molar-refractivity contribution is 5.88. The molecule has 0 bridgehead atoms. The maximum Gasteiger partial charge on any atom is 0.337 e. The summed E-state index contributed by atoms with van der Waals surface area (Å²) in [4.78, 5) is 32.4. The van der Waals surface area contributed by atoms with Crippen LogP contribution in [0, 0.1) is 0 Å². The summed E-state index contributed by atoms with van der Waals surface area (Å²) in [5.74, 6) is -1.07. The van der Waals surface area contributed by atoms with Crippen molar-refractivity contribution in [2.75, 3.05) is 0 Å². The Labute approximate surface area is 136 Å². The second kappa shape index (κ2) is 5.42. The smallest absolute Gasteiger partial charge is 0.337 e. The number of carbonyl (C=O) groups is 1. The zero-order valence-corrected chi connectivity index (χ0v) is 12.6. The van der Waals surface area contributed by atoms with Crippen LogP contribution in [0.15, 0.2) is 47.7 Å². The number of rotatable bonds is 2. The fourth-order valence-corrected chi connectivity index (χ4v) is 2.97. The second-order valence-corrected chi connectivity index (χ2v) is 5.65. The van der Waals surface area contributed by atoms with Gasteiger partial charge in [0.25, 0.3) is 5.56 Å². The first-order chi connectivity index (χ1) is 11.6. The minimum absolute atomic E-state index is 0.0653. The summed E-state index contributed by atoms with van der Waals surface area (Å²) in [5, 5.41) is 9.08. The van der Waals surface area contributed by atoms with Crippen molar-refractivity contribution >= 4 is 23.3 Å². The molecule has 0 spiro atoms. The number of pyridine rings is 2. The predicted octanol–water partition coefficient (Wildman–Crippen LogP) is 2.27. The van der Waals surface area contributed by atoms with E-state index in [1.54, 1.807) is 18.5 Å². The van der Waals surface area contributed by atoms with E-state index in [9.17, 15) is 9.59 Å².